The molecule has 8 heteroatoms. The first-order chi connectivity index (χ1) is 12.3. The van der Waals surface area contributed by atoms with Crippen LogP contribution in [-0.2, 0) is 16.1 Å². The van der Waals surface area contributed by atoms with Gasteiger partial charge in [0.15, 0.2) is 6.10 Å². The van der Waals surface area contributed by atoms with Gasteiger partial charge in [0.25, 0.3) is 5.91 Å². The molecule has 0 aliphatic carbocycles. The van der Waals surface area contributed by atoms with Crippen LogP contribution < -0.4 is 16.4 Å². The maximum Gasteiger partial charge on any atom is 0.338 e. The fraction of sp³-hybridized carbons (Fsp3) is 0.167. The van der Waals surface area contributed by atoms with Crippen LogP contribution in [0.4, 0.5) is 14.9 Å². The molecule has 136 valence electrons. The minimum atomic E-state index is -1.03. The third kappa shape index (κ3) is 5.59. The second-order valence-electron chi connectivity index (χ2n) is 5.46. The Bertz CT molecular complexity index is 808. The lowest BCUT2D eigenvalue weighted by Crippen LogP contribution is -2.35. The van der Waals surface area contributed by atoms with Gasteiger partial charge in [0.1, 0.15) is 5.82 Å². The van der Waals surface area contributed by atoms with E-state index < -0.39 is 24.0 Å². The zero-order valence-corrected chi connectivity index (χ0v) is 14.0. The zero-order valence-electron chi connectivity index (χ0n) is 14.0. The van der Waals surface area contributed by atoms with E-state index in [1.54, 1.807) is 24.3 Å². The van der Waals surface area contributed by atoms with Crippen molar-refractivity contribution < 1.29 is 23.5 Å². The highest BCUT2D eigenvalue weighted by molar-refractivity contribution is 5.94. The minimum Gasteiger partial charge on any atom is -0.449 e. The number of anilines is 1. The molecule has 0 saturated heterocycles. The van der Waals surface area contributed by atoms with Gasteiger partial charge in [-0.1, -0.05) is 18.2 Å². The third-order valence-electron chi connectivity index (χ3n) is 3.40. The molecule has 2 aromatic carbocycles. The number of esters is 1. The summed E-state index contributed by atoms with van der Waals surface area (Å²) in [6.45, 7) is 1.61. The molecule has 0 aliphatic heterocycles. The first kappa shape index (κ1) is 18.9. The van der Waals surface area contributed by atoms with Crippen LogP contribution in [0.2, 0.25) is 0 Å². The SMILES string of the molecule is C[C@@H](OC(=O)c1cccc(NC(N)=O)c1)C(=O)NCc1ccc(F)cc1. The highest BCUT2D eigenvalue weighted by atomic mass is 19.1. The van der Waals surface area contributed by atoms with Gasteiger partial charge in [-0.3, -0.25) is 4.79 Å². The number of rotatable bonds is 6. The van der Waals surface area contributed by atoms with E-state index in [0.717, 1.165) is 0 Å². The Morgan fingerprint density at radius 2 is 1.85 bits per heavy atom. The minimum absolute atomic E-state index is 0.162. The van der Waals surface area contributed by atoms with E-state index in [-0.39, 0.29) is 17.9 Å². The largest absolute Gasteiger partial charge is 0.449 e. The van der Waals surface area contributed by atoms with E-state index in [1.165, 1.54) is 31.2 Å². The number of primary amides is 1. The molecule has 7 nitrogen and oxygen atoms in total. The van der Waals surface area contributed by atoms with Crippen LogP contribution in [0.25, 0.3) is 0 Å². The number of benzene rings is 2. The van der Waals surface area contributed by atoms with Gasteiger partial charge >= 0.3 is 12.0 Å². The second-order valence-corrected chi connectivity index (χ2v) is 5.46. The average Bonchev–Trinajstić information content (AvgIpc) is 2.60. The number of hydrogen-bond acceptors (Lipinski definition) is 4. The van der Waals surface area contributed by atoms with Gasteiger partial charge in [0.05, 0.1) is 5.56 Å². The summed E-state index contributed by atoms with van der Waals surface area (Å²) >= 11 is 0. The third-order valence-corrected chi connectivity index (χ3v) is 3.40. The molecule has 2 rings (SSSR count). The second kappa shape index (κ2) is 8.61. The van der Waals surface area contributed by atoms with Crippen LogP contribution >= 0.6 is 0 Å². The number of nitrogens with one attached hydrogen (secondary N) is 2. The van der Waals surface area contributed by atoms with Gasteiger partial charge in [-0.05, 0) is 42.8 Å². The first-order valence-corrected chi connectivity index (χ1v) is 7.75. The summed E-state index contributed by atoms with van der Waals surface area (Å²) in [5, 5.41) is 4.94. The summed E-state index contributed by atoms with van der Waals surface area (Å²) in [6, 6.07) is 10.9. The van der Waals surface area contributed by atoms with Gasteiger partial charge in [0, 0.05) is 12.2 Å². The van der Waals surface area contributed by atoms with Gasteiger partial charge in [-0.15, -0.1) is 0 Å². The summed E-state index contributed by atoms with van der Waals surface area (Å²) in [4.78, 5) is 35.0. The molecule has 3 amide bonds. The molecular weight excluding hydrogens is 341 g/mol. The predicted octanol–water partition coefficient (Wildman–Crippen LogP) is 2.18. The fourth-order valence-corrected chi connectivity index (χ4v) is 2.08. The first-order valence-electron chi connectivity index (χ1n) is 7.75. The van der Waals surface area contributed by atoms with Crippen molar-refractivity contribution >= 4 is 23.6 Å². The van der Waals surface area contributed by atoms with Crippen LogP contribution in [0.1, 0.15) is 22.8 Å². The molecule has 26 heavy (non-hydrogen) atoms. The van der Waals surface area contributed by atoms with Gasteiger partial charge in [-0.2, -0.15) is 0 Å². The van der Waals surface area contributed by atoms with Gasteiger partial charge in [-0.25, -0.2) is 14.0 Å². The Morgan fingerprint density at radius 3 is 2.50 bits per heavy atom. The van der Waals surface area contributed by atoms with Crippen molar-refractivity contribution in [2.75, 3.05) is 5.32 Å². The van der Waals surface area contributed by atoms with Crippen molar-refractivity contribution in [3.8, 4) is 0 Å². The molecule has 0 spiro atoms. The highest BCUT2D eigenvalue weighted by Crippen LogP contribution is 2.12. The van der Waals surface area contributed by atoms with Gasteiger partial charge < -0.3 is 21.1 Å². The number of carbonyl (C=O) groups excluding carboxylic acids is 3. The molecule has 1 atom stereocenters. The number of halogens is 1. The van der Waals surface area contributed by atoms with E-state index in [0.29, 0.717) is 11.3 Å². The number of nitrogens with two attached hydrogens (primary N) is 1. The summed E-state index contributed by atoms with van der Waals surface area (Å²) in [7, 11) is 0. The predicted molar refractivity (Wildman–Crippen MR) is 92.8 cm³/mol. The van der Waals surface area contributed by atoms with Crippen LogP contribution in [0, 0.1) is 5.82 Å². The van der Waals surface area contributed by atoms with Crippen molar-refractivity contribution in [2.24, 2.45) is 5.73 Å². The van der Waals surface area contributed by atoms with Crippen LogP contribution in [0.15, 0.2) is 48.5 Å². The molecule has 0 aromatic heterocycles. The van der Waals surface area contributed by atoms with E-state index in [2.05, 4.69) is 10.6 Å². The molecule has 2 aromatic rings. The monoisotopic (exact) mass is 359 g/mol. The molecule has 0 heterocycles. The Labute approximate surface area is 149 Å². The normalized spacial score (nSPS) is 11.3. The number of hydrogen-bond donors (Lipinski definition) is 3. The van der Waals surface area contributed by atoms with E-state index >= 15 is 0 Å². The van der Waals surface area contributed by atoms with E-state index in [1.807, 2.05) is 0 Å². The molecule has 4 N–H and O–H groups in total. The Kier molecular flexibility index (Phi) is 6.26. The molecule has 0 fully saturated rings. The number of ether oxygens (including phenoxy) is 1. The molecule has 0 saturated carbocycles. The standard InChI is InChI=1S/C18H18FN3O4/c1-11(16(23)21-10-12-5-7-14(19)8-6-12)26-17(24)13-3-2-4-15(9-13)22-18(20)25/h2-9,11H,10H2,1H3,(H,21,23)(H3,20,22,25)/t11-/m1/s1. The lowest BCUT2D eigenvalue weighted by molar-refractivity contribution is -0.129. The smallest absolute Gasteiger partial charge is 0.338 e. The molecule has 0 unspecified atom stereocenters. The number of urea groups is 1. The van der Waals surface area contributed by atoms with Crippen molar-refractivity contribution in [1.82, 2.24) is 5.32 Å². The number of carbonyl (C=O) groups is 3. The zero-order chi connectivity index (χ0) is 19.1. The van der Waals surface area contributed by atoms with Crippen molar-refractivity contribution in [3.05, 3.63) is 65.5 Å². The highest BCUT2D eigenvalue weighted by Gasteiger charge is 2.19. The maximum absolute atomic E-state index is 12.8. The lowest BCUT2D eigenvalue weighted by atomic mass is 10.2. The summed E-state index contributed by atoms with van der Waals surface area (Å²) in [5.74, 6) is -1.58. The van der Waals surface area contributed by atoms with Crippen LogP contribution in [0.5, 0.6) is 0 Å². The summed E-state index contributed by atoms with van der Waals surface area (Å²) < 4.78 is 18.0. The van der Waals surface area contributed by atoms with Crippen molar-refractivity contribution in [1.29, 1.82) is 0 Å². The topological polar surface area (TPSA) is 111 Å². The van der Waals surface area contributed by atoms with Crippen molar-refractivity contribution in [3.63, 3.8) is 0 Å². The Balaban J connectivity index is 1.90. The molecule has 0 bridgehead atoms. The Morgan fingerprint density at radius 1 is 1.15 bits per heavy atom. The fourth-order valence-electron chi connectivity index (χ4n) is 2.08. The average molecular weight is 359 g/mol. The Hall–Kier alpha value is -3.42. The van der Waals surface area contributed by atoms with Crippen LogP contribution in [0.3, 0.4) is 0 Å². The summed E-state index contributed by atoms with van der Waals surface area (Å²) in [5.41, 5.74) is 6.23. The van der Waals surface area contributed by atoms with Gasteiger partial charge in [0.2, 0.25) is 0 Å². The van der Waals surface area contributed by atoms with Crippen LogP contribution in [-0.4, -0.2) is 24.0 Å². The molecular formula is C18H18FN3O4. The van der Waals surface area contributed by atoms with E-state index in [9.17, 15) is 18.8 Å². The van der Waals surface area contributed by atoms with Crippen molar-refractivity contribution in [2.45, 2.75) is 19.6 Å². The quantitative estimate of drug-likeness (QED) is 0.687. The maximum atomic E-state index is 12.8. The molecule has 0 radical (unpaired) electrons. The molecule has 0 aliphatic rings. The lowest BCUT2D eigenvalue weighted by Gasteiger charge is -2.14. The van der Waals surface area contributed by atoms with E-state index in [4.69, 9.17) is 10.5 Å². The number of amides is 3. The summed E-state index contributed by atoms with van der Waals surface area (Å²) in [6.07, 6.45) is -1.03.